The Bertz CT molecular complexity index is 384. The number of hydrogen-bond donors (Lipinski definition) is 0. The van der Waals surface area contributed by atoms with Gasteiger partial charge in [0.05, 0.1) is 0 Å². The maximum atomic E-state index is 13.0. The van der Waals surface area contributed by atoms with Crippen LogP contribution in [0.2, 0.25) is 0 Å². The SMILES string of the molecule is CC(N(C)Cc1ccc(F)cc1Br)C(C)(C)C. The van der Waals surface area contributed by atoms with Gasteiger partial charge in [0.25, 0.3) is 0 Å². The van der Waals surface area contributed by atoms with Gasteiger partial charge >= 0.3 is 0 Å². The zero-order valence-corrected chi connectivity index (χ0v) is 12.8. The van der Waals surface area contributed by atoms with Gasteiger partial charge in [-0.05, 0) is 37.1 Å². The van der Waals surface area contributed by atoms with Gasteiger partial charge in [-0.15, -0.1) is 0 Å². The summed E-state index contributed by atoms with van der Waals surface area (Å²) in [7, 11) is 2.10. The first-order valence-electron chi connectivity index (χ1n) is 5.86. The van der Waals surface area contributed by atoms with Crippen LogP contribution in [-0.2, 0) is 6.54 Å². The monoisotopic (exact) mass is 301 g/mol. The first kappa shape index (κ1) is 14.7. The molecule has 0 radical (unpaired) electrons. The molecule has 17 heavy (non-hydrogen) atoms. The van der Waals surface area contributed by atoms with E-state index in [1.165, 1.54) is 12.1 Å². The summed E-state index contributed by atoms with van der Waals surface area (Å²) >= 11 is 3.41. The molecule has 1 aromatic carbocycles. The minimum absolute atomic E-state index is 0.202. The molecular weight excluding hydrogens is 281 g/mol. The van der Waals surface area contributed by atoms with E-state index in [-0.39, 0.29) is 11.2 Å². The number of halogens is 2. The van der Waals surface area contributed by atoms with Crippen molar-refractivity contribution in [1.82, 2.24) is 4.90 Å². The minimum atomic E-state index is -0.202. The molecular formula is C14H21BrFN. The molecule has 0 fully saturated rings. The van der Waals surface area contributed by atoms with Crippen molar-refractivity contribution in [2.75, 3.05) is 7.05 Å². The molecule has 3 heteroatoms. The van der Waals surface area contributed by atoms with Crippen molar-refractivity contribution in [2.45, 2.75) is 40.3 Å². The summed E-state index contributed by atoms with van der Waals surface area (Å²) in [6.45, 7) is 9.73. The Kier molecular flexibility index (Phi) is 4.73. The largest absolute Gasteiger partial charge is 0.299 e. The Morgan fingerprint density at radius 3 is 2.41 bits per heavy atom. The van der Waals surface area contributed by atoms with E-state index in [2.05, 4.69) is 55.6 Å². The molecule has 96 valence electrons. The molecule has 1 rings (SSSR count). The van der Waals surface area contributed by atoms with E-state index < -0.39 is 0 Å². The lowest BCUT2D eigenvalue weighted by Crippen LogP contribution is -2.38. The molecule has 0 heterocycles. The molecule has 0 aliphatic carbocycles. The average molecular weight is 302 g/mol. The van der Waals surface area contributed by atoms with Crippen molar-refractivity contribution in [3.8, 4) is 0 Å². The Labute approximate surface area is 112 Å². The molecule has 0 aromatic heterocycles. The van der Waals surface area contributed by atoms with Crippen LogP contribution in [0, 0.1) is 11.2 Å². The van der Waals surface area contributed by atoms with E-state index in [1.807, 2.05) is 6.07 Å². The second kappa shape index (κ2) is 5.49. The molecule has 1 atom stereocenters. The van der Waals surface area contributed by atoms with E-state index in [0.717, 1.165) is 16.6 Å². The highest BCUT2D eigenvalue weighted by Gasteiger charge is 2.24. The van der Waals surface area contributed by atoms with Gasteiger partial charge in [0.15, 0.2) is 0 Å². The molecule has 1 nitrogen and oxygen atoms in total. The smallest absolute Gasteiger partial charge is 0.124 e. The quantitative estimate of drug-likeness (QED) is 0.797. The predicted molar refractivity (Wildman–Crippen MR) is 74.5 cm³/mol. The van der Waals surface area contributed by atoms with Crippen molar-refractivity contribution < 1.29 is 4.39 Å². The molecule has 0 saturated carbocycles. The first-order valence-corrected chi connectivity index (χ1v) is 6.65. The lowest BCUT2D eigenvalue weighted by molar-refractivity contribution is 0.134. The second-order valence-electron chi connectivity index (χ2n) is 5.69. The lowest BCUT2D eigenvalue weighted by atomic mass is 9.87. The van der Waals surface area contributed by atoms with Crippen LogP contribution >= 0.6 is 15.9 Å². The van der Waals surface area contributed by atoms with Crippen LogP contribution in [-0.4, -0.2) is 18.0 Å². The Morgan fingerprint density at radius 2 is 1.94 bits per heavy atom. The van der Waals surface area contributed by atoms with Gasteiger partial charge in [-0.1, -0.05) is 42.8 Å². The van der Waals surface area contributed by atoms with Gasteiger partial charge in [0.1, 0.15) is 5.82 Å². The normalized spacial score (nSPS) is 14.1. The van der Waals surface area contributed by atoms with Crippen LogP contribution in [0.15, 0.2) is 22.7 Å². The first-order chi connectivity index (χ1) is 7.71. The summed E-state index contributed by atoms with van der Waals surface area (Å²) in [6.07, 6.45) is 0. The Balaban J connectivity index is 2.78. The van der Waals surface area contributed by atoms with Crippen LogP contribution in [0.4, 0.5) is 4.39 Å². The summed E-state index contributed by atoms with van der Waals surface area (Å²) < 4.78 is 13.8. The van der Waals surface area contributed by atoms with Gasteiger partial charge in [-0.2, -0.15) is 0 Å². The average Bonchev–Trinajstić information content (AvgIpc) is 2.19. The molecule has 0 saturated heterocycles. The van der Waals surface area contributed by atoms with Crippen molar-refractivity contribution in [3.63, 3.8) is 0 Å². The second-order valence-corrected chi connectivity index (χ2v) is 6.55. The highest BCUT2D eigenvalue weighted by Crippen LogP contribution is 2.26. The van der Waals surface area contributed by atoms with Gasteiger partial charge < -0.3 is 0 Å². The van der Waals surface area contributed by atoms with Crippen LogP contribution in [0.3, 0.4) is 0 Å². The Morgan fingerprint density at radius 1 is 1.35 bits per heavy atom. The fraction of sp³-hybridized carbons (Fsp3) is 0.571. The zero-order valence-electron chi connectivity index (χ0n) is 11.2. The van der Waals surface area contributed by atoms with Gasteiger partial charge in [0.2, 0.25) is 0 Å². The van der Waals surface area contributed by atoms with Crippen LogP contribution < -0.4 is 0 Å². The third kappa shape index (κ3) is 4.07. The maximum absolute atomic E-state index is 13.0. The Hall–Kier alpha value is -0.410. The fourth-order valence-corrected chi connectivity index (χ4v) is 2.19. The molecule has 0 N–H and O–H groups in total. The molecule has 0 aliphatic rings. The summed E-state index contributed by atoms with van der Waals surface area (Å²) in [6, 6.07) is 5.32. The number of rotatable bonds is 3. The summed E-state index contributed by atoms with van der Waals surface area (Å²) in [4.78, 5) is 2.29. The van der Waals surface area contributed by atoms with Crippen molar-refractivity contribution in [2.24, 2.45) is 5.41 Å². The predicted octanol–water partition coefficient (Wildman–Crippen LogP) is 4.45. The van der Waals surface area contributed by atoms with Crippen LogP contribution in [0.25, 0.3) is 0 Å². The topological polar surface area (TPSA) is 3.24 Å². The fourth-order valence-electron chi connectivity index (χ4n) is 1.72. The molecule has 0 spiro atoms. The highest BCUT2D eigenvalue weighted by molar-refractivity contribution is 9.10. The lowest BCUT2D eigenvalue weighted by Gasteiger charge is -2.35. The molecule has 0 amide bonds. The van der Waals surface area contributed by atoms with Crippen molar-refractivity contribution in [3.05, 3.63) is 34.1 Å². The summed E-state index contributed by atoms with van der Waals surface area (Å²) in [5.74, 6) is -0.202. The van der Waals surface area contributed by atoms with Gasteiger partial charge in [-0.3, -0.25) is 4.90 Å². The van der Waals surface area contributed by atoms with Gasteiger partial charge in [0, 0.05) is 17.1 Å². The van der Waals surface area contributed by atoms with Crippen molar-refractivity contribution in [1.29, 1.82) is 0 Å². The standard InChI is InChI=1S/C14H21BrFN/c1-10(14(2,3)4)17(5)9-11-6-7-12(16)8-13(11)15/h6-8,10H,9H2,1-5H3. The molecule has 0 aliphatic heterocycles. The maximum Gasteiger partial charge on any atom is 0.124 e. The highest BCUT2D eigenvalue weighted by atomic mass is 79.9. The third-order valence-electron chi connectivity index (χ3n) is 3.35. The van der Waals surface area contributed by atoms with E-state index in [1.54, 1.807) is 0 Å². The number of benzene rings is 1. The van der Waals surface area contributed by atoms with E-state index in [9.17, 15) is 4.39 Å². The molecule has 1 aromatic rings. The molecule has 0 bridgehead atoms. The zero-order chi connectivity index (χ0) is 13.2. The minimum Gasteiger partial charge on any atom is -0.299 e. The number of nitrogens with zero attached hydrogens (tertiary/aromatic N) is 1. The van der Waals surface area contributed by atoms with E-state index >= 15 is 0 Å². The third-order valence-corrected chi connectivity index (χ3v) is 4.09. The van der Waals surface area contributed by atoms with Crippen LogP contribution in [0.1, 0.15) is 33.3 Å². The van der Waals surface area contributed by atoms with E-state index in [0.29, 0.717) is 6.04 Å². The van der Waals surface area contributed by atoms with Crippen molar-refractivity contribution >= 4 is 15.9 Å². The van der Waals surface area contributed by atoms with Crippen LogP contribution in [0.5, 0.6) is 0 Å². The summed E-state index contributed by atoms with van der Waals surface area (Å²) in [5, 5.41) is 0. The number of hydrogen-bond acceptors (Lipinski definition) is 1. The molecule has 1 unspecified atom stereocenters. The van der Waals surface area contributed by atoms with Gasteiger partial charge in [-0.25, -0.2) is 4.39 Å². The van der Waals surface area contributed by atoms with E-state index in [4.69, 9.17) is 0 Å². The summed E-state index contributed by atoms with van der Waals surface area (Å²) in [5.41, 5.74) is 1.35.